The molecular formula is C6H8O3Se. The molecule has 1 aromatic rings. The summed E-state index contributed by atoms with van der Waals surface area (Å²) in [6, 6.07) is 7.79. The first-order valence-corrected chi connectivity index (χ1v) is 6.10. The van der Waals surface area contributed by atoms with E-state index in [0.29, 0.717) is 0 Å². The zero-order chi connectivity index (χ0) is 7.61. The first-order chi connectivity index (χ1) is 4.61. The van der Waals surface area contributed by atoms with E-state index in [4.69, 9.17) is 8.38 Å². The van der Waals surface area contributed by atoms with Gasteiger partial charge in [0.2, 0.25) is 0 Å². The van der Waals surface area contributed by atoms with Crippen molar-refractivity contribution >= 4 is 17.9 Å². The zero-order valence-electron chi connectivity index (χ0n) is 5.14. The summed E-state index contributed by atoms with van der Waals surface area (Å²) in [5.41, 5.74) is 0. The Morgan fingerprint density at radius 1 is 1.10 bits per heavy atom. The number of rotatable bonds is 1. The summed E-state index contributed by atoms with van der Waals surface area (Å²) in [7, 11) is 0. The topological polar surface area (TPSA) is 57.5 Å². The molecular weight excluding hydrogens is 199 g/mol. The average Bonchev–Trinajstić information content (AvgIpc) is 1.88. The summed E-state index contributed by atoms with van der Waals surface area (Å²) in [5.74, 6) is 0. The summed E-state index contributed by atoms with van der Waals surface area (Å²) in [6.07, 6.45) is 0. The summed E-state index contributed by atoms with van der Waals surface area (Å²) in [4.78, 5) is 0. The minimum absolute atomic E-state index is 0.126. The van der Waals surface area contributed by atoms with Gasteiger partial charge in [-0.25, -0.2) is 0 Å². The Balaban J connectivity index is 3.09. The predicted octanol–water partition coefficient (Wildman–Crippen LogP) is -1.02. The van der Waals surface area contributed by atoms with E-state index in [-0.39, 0.29) is 4.46 Å². The quantitative estimate of drug-likeness (QED) is 0.579. The predicted molar refractivity (Wildman–Crippen MR) is 38.3 cm³/mol. The number of benzene rings is 1. The molecule has 0 fully saturated rings. The Morgan fingerprint density at radius 2 is 1.60 bits per heavy atom. The van der Waals surface area contributed by atoms with Crippen molar-refractivity contribution < 1.29 is 12.2 Å². The van der Waals surface area contributed by atoms with Gasteiger partial charge in [-0.05, 0) is 0 Å². The molecule has 0 bridgehead atoms. The fraction of sp³-hybridized carbons (Fsp3) is 0. The molecule has 0 aliphatic rings. The van der Waals surface area contributed by atoms with E-state index in [2.05, 4.69) is 0 Å². The van der Waals surface area contributed by atoms with Gasteiger partial charge in [-0.3, -0.25) is 0 Å². The Bertz CT molecular complexity index is 251. The molecule has 56 valence electrons. The molecule has 0 aliphatic heterocycles. The molecule has 0 atom stereocenters. The van der Waals surface area contributed by atoms with Crippen LogP contribution in [0.3, 0.4) is 0 Å². The van der Waals surface area contributed by atoms with Gasteiger partial charge in [0.05, 0.1) is 0 Å². The van der Waals surface area contributed by atoms with Crippen LogP contribution in [-0.4, -0.2) is 21.8 Å². The summed E-state index contributed by atoms with van der Waals surface area (Å²) >= 11 is -4.60. The van der Waals surface area contributed by atoms with Crippen molar-refractivity contribution in [2.45, 2.75) is 0 Å². The molecule has 0 aromatic heterocycles. The normalized spacial score (nSPS) is 13.0. The molecule has 0 unspecified atom stereocenters. The second kappa shape index (κ2) is 2.60. The molecule has 1 aromatic carbocycles. The number of hydrogen-bond donors (Lipinski definition) is 2. The Morgan fingerprint density at radius 3 is 1.90 bits per heavy atom. The molecule has 1 rings (SSSR count). The Labute approximate surface area is 61.0 Å². The van der Waals surface area contributed by atoms with Gasteiger partial charge in [0, 0.05) is 0 Å². The van der Waals surface area contributed by atoms with E-state index in [0.717, 1.165) is 0 Å². The van der Waals surface area contributed by atoms with E-state index >= 15 is 0 Å². The van der Waals surface area contributed by atoms with Gasteiger partial charge in [0.1, 0.15) is 0 Å². The third-order valence-corrected chi connectivity index (χ3v) is 3.13. The van der Waals surface area contributed by atoms with Gasteiger partial charge in [-0.1, -0.05) is 0 Å². The van der Waals surface area contributed by atoms with Crippen LogP contribution in [0, 0.1) is 0 Å². The van der Waals surface area contributed by atoms with Crippen molar-refractivity contribution in [2.75, 3.05) is 0 Å². The summed E-state index contributed by atoms with van der Waals surface area (Å²) < 4.78 is 28.0. The Kier molecular flexibility index (Phi) is 1.97. The zero-order valence-corrected chi connectivity index (χ0v) is 7.01. The van der Waals surface area contributed by atoms with Crippen LogP contribution in [0.4, 0.5) is 0 Å². The van der Waals surface area contributed by atoms with Crippen LogP contribution in [0.2, 0.25) is 0 Å². The van der Waals surface area contributed by atoms with Crippen molar-refractivity contribution in [2.24, 2.45) is 0 Å². The van der Waals surface area contributed by atoms with Crippen LogP contribution in [0.25, 0.3) is 0 Å². The van der Waals surface area contributed by atoms with E-state index in [1.807, 2.05) is 0 Å². The van der Waals surface area contributed by atoms with Crippen LogP contribution >= 0.6 is 0 Å². The second-order valence-corrected chi connectivity index (χ2v) is 5.25. The third kappa shape index (κ3) is 1.72. The minimum atomic E-state index is -4.60. The van der Waals surface area contributed by atoms with E-state index in [1.165, 1.54) is 12.1 Å². The van der Waals surface area contributed by atoms with Gasteiger partial charge < -0.3 is 0 Å². The number of hydrogen-bond acceptors (Lipinski definition) is 1. The Hall–Kier alpha value is -0.541. The van der Waals surface area contributed by atoms with E-state index < -0.39 is 13.4 Å². The van der Waals surface area contributed by atoms with Crippen molar-refractivity contribution in [3.63, 3.8) is 0 Å². The molecule has 0 amide bonds. The maximum absolute atomic E-state index is 10.6. The monoisotopic (exact) mass is 208 g/mol. The summed E-state index contributed by atoms with van der Waals surface area (Å²) in [6.45, 7) is 0. The first-order valence-electron chi connectivity index (χ1n) is 2.72. The first kappa shape index (κ1) is 7.57. The van der Waals surface area contributed by atoms with E-state index in [9.17, 15) is 3.83 Å². The molecule has 2 N–H and O–H groups in total. The van der Waals surface area contributed by atoms with Crippen LogP contribution < -0.4 is 4.46 Å². The SMILES string of the molecule is O=[SeH](O)(O)c1ccccc1. The van der Waals surface area contributed by atoms with Crippen LogP contribution in [0.1, 0.15) is 0 Å². The second-order valence-electron chi connectivity index (χ2n) is 1.88. The van der Waals surface area contributed by atoms with Gasteiger partial charge >= 0.3 is 60.4 Å². The van der Waals surface area contributed by atoms with Crippen molar-refractivity contribution in [3.05, 3.63) is 30.3 Å². The van der Waals surface area contributed by atoms with Crippen LogP contribution in [-0.2, 0) is 3.83 Å². The maximum atomic E-state index is 10.6. The van der Waals surface area contributed by atoms with Gasteiger partial charge in [0.15, 0.2) is 0 Å². The standard InChI is InChI=1S/C6H8O3Se/c7-10(8,9)6-4-2-1-3-5-6/h1-5,10H,(H2,7,8,9). The molecule has 0 saturated carbocycles. The molecule has 10 heavy (non-hydrogen) atoms. The van der Waals surface area contributed by atoms with Crippen LogP contribution in [0.15, 0.2) is 30.3 Å². The van der Waals surface area contributed by atoms with Crippen molar-refractivity contribution in [1.29, 1.82) is 0 Å². The summed E-state index contributed by atoms with van der Waals surface area (Å²) in [5, 5.41) is 0. The molecule has 0 heterocycles. The van der Waals surface area contributed by atoms with Crippen LogP contribution in [0.5, 0.6) is 0 Å². The fourth-order valence-electron chi connectivity index (χ4n) is 0.622. The molecule has 4 heteroatoms. The van der Waals surface area contributed by atoms with Crippen molar-refractivity contribution in [1.82, 2.24) is 0 Å². The van der Waals surface area contributed by atoms with E-state index in [1.54, 1.807) is 18.2 Å². The molecule has 0 aliphatic carbocycles. The van der Waals surface area contributed by atoms with Crippen molar-refractivity contribution in [3.8, 4) is 0 Å². The average molecular weight is 207 g/mol. The molecule has 3 nitrogen and oxygen atoms in total. The third-order valence-electron chi connectivity index (χ3n) is 1.09. The van der Waals surface area contributed by atoms with Gasteiger partial charge in [-0.2, -0.15) is 0 Å². The molecule has 0 saturated heterocycles. The molecule has 0 radical (unpaired) electrons. The van der Waals surface area contributed by atoms with Gasteiger partial charge in [-0.15, -0.1) is 0 Å². The fourth-order valence-corrected chi connectivity index (χ4v) is 1.80. The van der Waals surface area contributed by atoms with Gasteiger partial charge in [0.25, 0.3) is 0 Å². The molecule has 0 spiro atoms.